The molecule has 0 amide bonds. The summed E-state index contributed by atoms with van der Waals surface area (Å²) in [5, 5.41) is 0. The van der Waals surface area contributed by atoms with Crippen LogP contribution in [0.1, 0.15) is 87.1 Å². The molecule has 9 heteroatoms. The molecule has 0 radical (unpaired) electrons. The minimum atomic E-state index is -4.35. The largest absolute Gasteiger partial charge is 0.527 e. The first-order valence-electron chi connectivity index (χ1n) is 15.3. The SMILES string of the molecule is CCCCCCCCCCCCc1cccc(OCC(COP(=O)(O)Oc2cccc(C[n+]3csc(C)c3)c2)OC)c1. The molecule has 0 aliphatic heterocycles. The van der Waals surface area contributed by atoms with Crippen LogP contribution in [-0.2, 0) is 26.8 Å². The summed E-state index contributed by atoms with van der Waals surface area (Å²) in [5.41, 5.74) is 4.24. The number of nitrogens with zero attached hydrogens (tertiary/aromatic N) is 1. The molecular formula is C33H49NO6PS+. The second-order valence-electron chi connectivity index (χ2n) is 10.9. The van der Waals surface area contributed by atoms with Crippen molar-refractivity contribution in [1.29, 1.82) is 0 Å². The van der Waals surface area contributed by atoms with E-state index in [0.29, 0.717) is 6.54 Å². The van der Waals surface area contributed by atoms with Gasteiger partial charge in [-0.2, -0.15) is 4.57 Å². The van der Waals surface area contributed by atoms with Gasteiger partial charge in [0.2, 0.25) is 5.51 Å². The number of phosphoric ester groups is 1. The topological polar surface area (TPSA) is 78.1 Å². The van der Waals surface area contributed by atoms with Crippen molar-refractivity contribution in [3.8, 4) is 11.5 Å². The highest BCUT2D eigenvalue weighted by Crippen LogP contribution is 2.44. The molecule has 2 atom stereocenters. The predicted molar refractivity (Wildman–Crippen MR) is 169 cm³/mol. The molecule has 1 aromatic heterocycles. The number of ether oxygens (including phenoxy) is 2. The van der Waals surface area contributed by atoms with Gasteiger partial charge in [0.15, 0.2) is 12.7 Å². The molecule has 232 valence electrons. The third-order valence-corrected chi connectivity index (χ3v) is 8.89. The first-order chi connectivity index (χ1) is 20.4. The molecule has 1 heterocycles. The van der Waals surface area contributed by atoms with Crippen molar-refractivity contribution >= 4 is 19.2 Å². The van der Waals surface area contributed by atoms with Crippen molar-refractivity contribution in [2.24, 2.45) is 0 Å². The Morgan fingerprint density at radius 3 is 2.19 bits per heavy atom. The molecule has 3 rings (SSSR count). The van der Waals surface area contributed by atoms with Crippen molar-refractivity contribution in [3.63, 3.8) is 0 Å². The van der Waals surface area contributed by atoms with Gasteiger partial charge in [-0.1, -0.05) is 100 Å². The van der Waals surface area contributed by atoms with Gasteiger partial charge < -0.3 is 14.0 Å². The van der Waals surface area contributed by atoms with Gasteiger partial charge in [-0.3, -0.25) is 9.42 Å². The van der Waals surface area contributed by atoms with E-state index in [-0.39, 0.29) is 19.0 Å². The summed E-state index contributed by atoms with van der Waals surface area (Å²) in [7, 11) is -2.83. The Balaban J connectivity index is 1.36. The molecule has 3 aromatic rings. The minimum absolute atomic E-state index is 0.147. The molecule has 0 aliphatic rings. The van der Waals surface area contributed by atoms with Gasteiger partial charge in [-0.05, 0) is 49.6 Å². The number of methoxy groups -OCH3 is 1. The Hall–Kier alpha value is -2.22. The van der Waals surface area contributed by atoms with E-state index < -0.39 is 13.9 Å². The van der Waals surface area contributed by atoms with Gasteiger partial charge in [0, 0.05) is 12.7 Å². The van der Waals surface area contributed by atoms with Crippen LogP contribution in [-0.4, -0.2) is 31.3 Å². The fourth-order valence-electron chi connectivity index (χ4n) is 4.76. The van der Waals surface area contributed by atoms with E-state index in [0.717, 1.165) is 17.7 Å². The first-order valence-corrected chi connectivity index (χ1v) is 17.7. The van der Waals surface area contributed by atoms with E-state index in [9.17, 15) is 9.46 Å². The fourth-order valence-corrected chi connectivity index (χ4v) is 6.18. The smallest absolute Gasteiger partial charge is 0.491 e. The number of hydrogen-bond acceptors (Lipinski definition) is 6. The maximum absolute atomic E-state index is 12.6. The summed E-state index contributed by atoms with van der Waals surface area (Å²) in [6, 6.07) is 15.2. The van der Waals surface area contributed by atoms with Crippen LogP contribution in [0.25, 0.3) is 0 Å². The Kier molecular flexibility index (Phi) is 15.6. The van der Waals surface area contributed by atoms with Gasteiger partial charge in [0.05, 0.1) is 11.5 Å². The van der Waals surface area contributed by atoms with Crippen LogP contribution in [0.15, 0.2) is 60.2 Å². The van der Waals surface area contributed by atoms with Gasteiger partial charge in [0.25, 0.3) is 0 Å². The van der Waals surface area contributed by atoms with Gasteiger partial charge in [0.1, 0.15) is 24.2 Å². The molecule has 1 N–H and O–H groups in total. The van der Waals surface area contributed by atoms with Crippen LogP contribution in [0.2, 0.25) is 0 Å². The summed E-state index contributed by atoms with van der Waals surface area (Å²) in [6.07, 6.45) is 15.8. The highest BCUT2D eigenvalue weighted by Gasteiger charge is 2.26. The van der Waals surface area contributed by atoms with E-state index in [2.05, 4.69) is 36.7 Å². The average molecular weight is 619 g/mol. The monoisotopic (exact) mass is 618 g/mol. The van der Waals surface area contributed by atoms with Crippen molar-refractivity contribution < 1.29 is 32.5 Å². The average Bonchev–Trinajstić information content (AvgIpc) is 3.38. The Morgan fingerprint density at radius 2 is 1.52 bits per heavy atom. The molecule has 0 bridgehead atoms. The van der Waals surface area contributed by atoms with Crippen molar-refractivity contribution in [1.82, 2.24) is 0 Å². The van der Waals surface area contributed by atoms with Crippen molar-refractivity contribution in [2.45, 2.75) is 97.1 Å². The fraction of sp³-hybridized carbons (Fsp3) is 0.545. The molecule has 0 saturated heterocycles. The maximum Gasteiger partial charge on any atom is 0.527 e. The molecule has 0 aliphatic carbocycles. The van der Waals surface area contributed by atoms with Crippen LogP contribution in [0.4, 0.5) is 0 Å². The van der Waals surface area contributed by atoms with E-state index in [1.54, 1.807) is 29.5 Å². The number of unbranched alkanes of at least 4 members (excludes halogenated alkanes) is 9. The zero-order valence-electron chi connectivity index (χ0n) is 25.5. The summed E-state index contributed by atoms with van der Waals surface area (Å²) in [6.45, 7) is 4.99. The number of thiazole rings is 1. The summed E-state index contributed by atoms with van der Waals surface area (Å²) in [5.74, 6) is 1.02. The minimum Gasteiger partial charge on any atom is -0.491 e. The van der Waals surface area contributed by atoms with E-state index in [1.807, 2.05) is 23.7 Å². The molecule has 0 spiro atoms. The Morgan fingerprint density at radius 1 is 0.881 bits per heavy atom. The van der Waals surface area contributed by atoms with Crippen molar-refractivity contribution in [2.75, 3.05) is 20.3 Å². The molecule has 42 heavy (non-hydrogen) atoms. The lowest BCUT2D eigenvalue weighted by Crippen LogP contribution is -2.30. The summed E-state index contributed by atoms with van der Waals surface area (Å²) >= 11 is 1.67. The first kappa shape index (κ1) is 34.3. The zero-order valence-corrected chi connectivity index (χ0v) is 27.3. The van der Waals surface area contributed by atoms with Crippen molar-refractivity contribution in [3.05, 3.63) is 76.2 Å². The van der Waals surface area contributed by atoms with Gasteiger partial charge in [-0.25, -0.2) is 4.57 Å². The highest BCUT2D eigenvalue weighted by molar-refractivity contribution is 7.47. The lowest BCUT2D eigenvalue weighted by Gasteiger charge is -2.19. The Bertz CT molecular complexity index is 1220. The zero-order chi connectivity index (χ0) is 30.0. The van der Waals surface area contributed by atoms with E-state index in [1.165, 1.54) is 81.8 Å². The number of rotatable bonds is 22. The second kappa shape index (κ2) is 19.1. The molecular weight excluding hydrogens is 569 g/mol. The standard InChI is InChI=1S/C33H48NO6PS/c1-4-5-6-7-8-9-10-11-12-13-16-29-17-14-19-31(21-29)38-25-33(37-3)26-39-41(35,36)40-32-20-15-18-30(22-32)24-34-23-28(2)42-27-34/h14-15,17-23,27,33H,4-13,16,24-26H2,1-3H3/p+1. The van der Waals surface area contributed by atoms with Gasteiger partial charge in [-0.15, -0.1) is 0 Å². The number of hydrogen-bond donors (Lipinski definition) is 1. The highest BCUT2D eigenvalue weighted by atomic mass is 32.1. The van der Waals surface area contributed by atoms with E-state index in [4.69, 9.17) is 18.5 Å². The predicted octanol–water partition coefficient (Wildman–Crippen LogP) is 8.45. The van der Waals surface area contributed by atoms with Crippen LogP contribution < -0.4 is 13.8 Å². The number of aromatic nitrogens is 1. The molecule has 0 fully saturated rings. The van der Waals surface area contributed by atoms with E-state index >= 15 is 0 Å². The third kappa shape index (κ3) is 13.8. The van der Waals surface area contributed by atoms with Crippen LogP contribution in [0.3, 0.4) is 0 Å². The third-order valence-electron chi connectivity index (χ3n) is 7.12. The van der Waals surface area contributed by atoms with Crippen LogP contribution >= 0.6 is 19.2 Å². The number of benzene rings is 2. The quantitative estimate of drug-likeness (QED) is 0.0692. The molecule has 7 nitrogen and oxygen atoms in total. The molecule has 2 aromatic carbocycles. The summed E-state index contributed by atoms with van der Waals surface area (Å²) in [4.78, 5) is 11.5. The normalized spacial score (nSPS) is 13.5. The lowest BCUT2D eigenvalue weighted by atomic mass is 10.0. The summed E-state index contributed by atoms with van der Waals surface area (Å²) < 4.78 is 36.7. The number of phosphoric acid groups is 1. The molecule has 2 unspecified atom stereocenters. The van der Waals surface area contributed by atoms with Gasteiger partial charge >= 0.3 is 7.82 Å². The lowest BCUT2D eigenvalue weighted by molar-refractivity contribution is -0.683. The number of aryl methyl sites for hydroxylation is 2. The van der Waals surface area contributed by atoms with Crippen LogP contribution in [0.5, 0.6) is 11.5 Å². The van der Waals surface area contributed by atoms with Crippen LogP contribution in [0, 0.1) is 6.92 Å². The molecule has 0 saturated carbocycles. The Labute approximate surface area is 256 Å². The maximum atomic E-state index is 12.6. The second-order valence-corrected chi connectivity index (χ2v) is 13.4.